The Labute approximate surface area is 438 Å². The van der Waals surface area contributed by atoms with E-state index >= 15 is 9.59 Å². The van der Waals surface area contributed by atoms with E-state index in [4.69, 9.17) is 33.2 Å². The number of hydrogen-bond donors (Lipinski definition) is 1. The molecule has 6 atom stereocenters. The fourth-order valence-corrected chi connectivity index (χ4v) is 9.42. The van der Waals surface area contributed by atoms with Crippen LogP contribution < -0.4 is 5.32 Å². The summed E-state index contributed by atoms with van der Waals surface area (Å²) in [5.41, 5.74) is -6.78. The van der Waals surface area contributed by atoms with Gasteiger partial charge in [0.2, 0.25) is 0 Å². The summed E-state index contributed by atoms with van der Waals surface area (Å²) in [7, 11) is 0. The van der Waals surface area contributed by atoms with Gasteiger partial charge in [0.25, 0.3) is 0 Å². The number of nitrogens with one attached hydrogen (secondary N) is 1. The van der Waals surface area contributed by atoms with Gasteiger partial charge < -0.3 is 38.5 Å². The maximum absolute atomic E-state index is 15.5. The van der Waals surface area contributed by atoms with Crippen LogP contribution in [0.15, 0.2) is 60.7 Å². The molecule has 1 amide bonds. The second-order valence-electron chi connectivity index (χ2n) is 24.3. The van der Waals surface area contributed by atoms with Crippen molar-refractivity contribution >= 4 is 41.9 Å². The Morgan fingerprint density at radius 3 is 1.54 bits per heavy atom. The highest BCUT2D eigenvalue weighted by Crippen LogP contribution is 2.47. The van der Waals surface area contributed by atoms with Crippen LogP contribution in [0.5, 0.6) is 0 Å². The molecule has 3 aliphatic rings. The zero-order chi connectivity index (χ0) is 55.5. The molecule has 1 N–H and O–H groups in total. The van der Waals surface area contributed by atoms with Crippen LogP contribution in [0.25, 0.3) is 0 Å². The first-order chi connectivity index (χ1) is 34.1. The molecule has 18 nitrogen and oxygen atoms in total. The molecule has 3 fully saturated rings. The van der Waals surface area contributed by atoms with Crippen molar-refractivity contribution in [3.8, 4) is 0 Å². The van der Waals surface area contributed by atoms with Crippen molar-refractivity contribution < 1.29 is 66.7 Å². The normalized spacial score (nSPS) is 21.6. The van der Waals surface area contributed by atoms with Gasteiger partial charge in [-0.05, 0) is 128 Å². The lowest BCUT2D eigenvalue weighted by molar-refractivity contribution is -0.188. The molecule has 0 aromatic heterocycles. The van der Waals surface area contributed by atoms with Crippen molar-refractivity contribution in [2.24, 2.45) is 5.92 Å². The number of hydrogen-bond acceptors (Lipinski definition) is 17. The quantitative estimate of drug-likeness (QED) is 0.102. The van der Waals surface area contributed by atoms with Crippen molar-refractivity contribution in [1.82, 2.24) is 20.0 Å². The van der Waals surface area contributed by atoms with E-state index in [9.17, 15) is 24.0 Å². The molecule has 2 bridgehead atoms. The summed E-state index contributed by atoms with van der Waals surface area (Å²) in [6.45, 7) is 24.6. The third kappa shape index (κ3) is 19.3. The Hall–Kier alpha value is -5.59. The molecular formula is C56H84N4O14. The van der Waals surface area contributed by atoms with Gasteiger partial charge in [0.15, 0.2) is 0 Å². The zero-order valence-electron chi connectivity index (χ0n) is 46.7. The lowest BCUT2D eigenvalue weighted by atomic mass is 9.69. The van der Waals surface area contributed by atoms with Gasteiger partial charge >= 0.3 is 41.9 Å². The Morgan fingerprint density at radius 1 is 0.595 bits per heavy atom. The minimum atomic E-state index is -1.92. The van der Waals surface area contributed by atoms with Crippen LogP contribution in [-0.4, -0.2) is 148 Å². The summed E-state index contributed by atoms with van der Waals surface area (Å²) in [4.78, 5) is 107. The van der Waals surface area contributed by atoms with E-state index < -0.39 is 112 Å². The first-order valence-electron chi connectivity index (χ1n) is 25.6. The van der Waals surface area contributed by atoms with E-state index in [1.54, 1.807) is 133 Å². The number of fused-ring (bicyclic) bond motifs is 4. The average molecular weight is 1040 g/mol. The van der Waals surface area contributed by atoms with E-state index in [0.29, 0.717) is 5.56 Å². The van der Waals surface area contributed by atoms with Gasteiger partial charge in [-0.25, -0.2) is 4.79 Å². The third-order valence-electron chi connectivity index (χ3n) is 12.0. The molecule has 3 aliphatic heterocycles. The van der Waals surface area contributed by atoms with Gasteiger partial charge in [0.1, 0.15) is 47.3 Å². The number of rotatable bonds is 20. The predicted molar refractivity (Wildman–Crippen MR) is 276 cm³/mol. The van der Waals surface area contributed by atoms with Gasteiger partial charge in [-0.2, -0.15) is 0 Å². The Morgan fingerprint density at radius 2 is 1.07 bits per heavy atom. The van der Waals surface area contributed by atoms with Crippen LogP contribution in [-0.2, 0) is 75.1 Å². The number of carbonyl (C=O) groups excluding carboxylic acids is 7. The maximum atomic E-state index is 15.5. The van der Waals surface area contributed by atoms with Crippen LogP contribution >= 0.6 is 0 Å². The summed E-state index contributed by atoms with van der Waals surface area (Å²) >= 11 is 0. The summed E-state index contributed by atoms with van der Waals surface area (Å²) in [5.74, 6) is -5.79. The Bertz CT molecular complexity index is 2210. The predicted octanol–water partition coefficient (Wildman–Crippen LogP) is 7.32. The Kier molecular flexibility index (Phi) is 20.5. The van der Waals surface area contributed by atoms with Gasteiger partial charge in [-0.3, -0.25) is 43.5 Å². The highest BCUT2D eigenvalue weighted by Gasteiger charge is 2.66. The van der Waals surface area contributed by atoms with Gasteiger partial charge in [0, 0.05) is 44.7 Å². The number of alkyl carbamates (subject to hydrolysis) is 1. The van der Waals surface area contributed by atoms with E-state index in [2.05, 4.69) is 5.32 Å². The number of benzene rings is 2. The molecule has 0 radical (unpaired) electrons. The minimum Gasteiger partial charge on any atom is -0.461 e. The van der Waals surface area contributed by atoms with Crippen LogP contribution in [0, 0.1) is 5.92 Å². The molecule has 3 saturated heterocycles. The highest BCUT2D eigenvalue weighted by molar-refractivity contribution is 5.86. The molecule has 74 heavy (non-hydrogen) atoms. The molecule has 3 heterocycles. The molecule has 5 rings (SSSR count). The van der Waals surface area contributed by atoms with Crippen molar-refractivity contribution in [3.63, 3.8) is 0 Å². The van der Waals surface area contributed by atoms with E-state index in [-0.39, 0.29) is 65.2 Å². The molecule has 0 spiro atoms. The van der Waals surface area contributed by atoms with E-state index in [0.717, 1.165) is 5.56 Å². The van der Waals surface area contributed by atoms with Gasteiger partial charge in [0.05, 0.1) is 31.0 Å². The van der Waals surface area contributed by atoms with Gasteiger partial charge in [-0.1, -0.05) is 60.7 Å². The van der Waals surface area contributed by atoms with Crippen LogP contribution in [0.4, 0.5) is 4.79 Å². The lowest BCUT2D eigenvalue weighted by Crippen LogP contribution is -2.74. The molecule has 4 unspecified atom stereocenters. The fraction of sp³-hybridized carbons (Fsp3) is 0.661. The average Bonchev–Trinajstić information content (AvgIpc) is 3.49. The standard InChI is InChI=1S/C56H84N4O14/c1-50(2,3)70-44(63)33-60(34-45(64)71-51(4,5)6)55(28-29-57-49(67)74-54(13,14)15)37-58-30-31-59(38-55)56(46(58)48(66)73-53(10,11)12,32-43(62)69-36-40-24-20-17-21-25-40)41(47(65)72-52(7,8)9)26-27-42(61)68-35-39-22-18-16-19-23-39/h16-25,41,46H,26-38H2,1-15H3,(H,57,67)/t41-,46-,55?,56?/m1/s1. The van der Waals surface area contributed by atoms with Crippen LogP contribution in [0.2, 0.25) is 0 Å². The first kappa shape index (κ1) is 61.0. The third-order valence-corrected chi connectivity index (χ3v) is 12.0. The maximum Gasteiger partial charge on any atom is 0.407 e. The number of ether oxygens (including phenoxy) is 7. The van der Waals surface area contributed by atoms with Crippen molar-refractivity contribution in [3.05, 3.63) is 71.8 Å². The number of carbonyl (C=O) groups is 7. The Balaban J connectivity index is 2.06. The summed E-state index contributed by atoms with van der Waals surface area (Å²) < 4.78 is 41.7. The highest BCUT2D eigenvalue weighted by atomic mass is 16.6. The van der Waals surface area contributed by atoms with Gasteiger partial charge in [-0.15, -0.1) is 0 Å². The monoisotopic (exact) mass is 1040 g/mol. The smallest absolute Gasteiger partial charge is 0.407 e. The molecule has 412 valence electrons. The summed E-state index contributed by atoms with van der Waals surface area (Å²) in [6.07, 6.45) is -1.88. The van der Waals surface area contributed by atoms with Crippen molar-refractivity contribution in [2.45, 2.75) is 188 Å². The number of esters is 6. The van der Waals surface area contributed by atoms with Crippen LogP contribution in [0.3, 0.4) is 0 Å². The number of nitrogens with zero attached hydrogens (tertiary/aromatic N) is 3. The first-order valence-corrected chi connectivity index (χ1v) is 25.6. The number of piperazine rings is 1. The van der Waals surface area contributed by atoms with E-state index in [1.165, 1.54) is 0 Å². The lowest BCUT2D eigenvalue weighted by Gasteiger charge is -2.55. The second kappa shape index (κ2) is 24.8. The van der Waals surface area contributed by atoms with E-state index in [1.807, 2.05) is 46.2 Å². The SMILES string of the molecule is CC(C)(C)OC(=O)CN(CC(=O)OC(C)(C)C)C1(CCNC(=O)OC(C)(C)C)CN2CCN(C1)C(CC(=O)OCc1ccccc1)([C@H](CCC(=O)OCc1ccccc1)C(=O)OC(C)(C)C)[C@H]2C(=O)OC(C)(C)C. The number of amides is 1. The molecule has 2 aromatic rings. The zero-order valence-corrected chi connectivity index (χ0v) is 46.7. The molecule has 18 heteroatoms. The summed E-state index contributed by atoms with van der Waals surface area (Å²) in [6, 6.07) is 16.7. The largest absolute Gasteiger partial charge is 0.461 e. The van der Waals surface area contributed by atoms with Crippen LogP contribution in [0.1, 0.15) is 141 Å². The van der Waals surface area contributed by atoms with Crippen molar-refractivity contribution in [1.29, 1.82) is 0 Å². The molecule has 0 aliphatic carbocycles. The fourth-order valence-electron chi connectivity index (χ4n) is 9.42. The van der Waals surface area contributed by atoms with Crippen molar-refractivity contribution in [2.75, 3.05) is 45.8 Å². The molecular weight excluding hydrogens is 953 g/mol. The topological polar surface area (TPSA) is 206 Å². The second-order valence-corrected chi connectivity index (χ2v) is 24.3. The molecule has 0 saturated carbocycles. The minimum absolute atomic E-state index is 0.0172. The molecule has 2 aromatic carbocycles. The summed E-state index contributed by atoms with van der Waals surface area (Å²) in [5, 5.41) is 2.84.